The largest absolute Gasteiger partial charge is 0.370 e. The van der Waals surface area contributed by atoms with E-state index in [0.717, 1.165) is 55.2 Å². The predicted molar refractivity (Wildman–Crippen MR) is 149 cm³/mol. The summed E-state index contributed by atoms with van der Waals surface area (Å²) < 4.78 is 7.19. The number of hydrogen-bond acceptors (Lipinski definition) is 7. The molecule has 0 bridgehead atoms. The summed E-state index contributed by atoms with van der Waals surface area (Å²) in [5, 5.41) is 4.65. The fourth-order valence-corrected chi connectivity index (χ4v) is 6.82. The van der Waals surface area contributed by atoms with Crippen LogP contribution in [0.25, 0.3) is 20.4 Å². The SMILES string of the molecule is Cc1cccc(NC(=O)C(C)Sc2ncnc3c2sc2nc(CC(C)C)c4c(c23)CC(C)(C)OC4)c1. The van der Waals surface area contributed by atoms with Gasteiger partial charge in [-0.2, -0.15) is 0 Å². The van der Waals surface area contributed by atoms with Gasteiger partial charge in [-0.25, -0.2) is 15.0 Å². The van der Waals surface area contributed by atoms with Gasteiger partial charge in [0.25, 0.3) is 0 Å². The van der Waals surface area contributed by atoms with Gasteiger partial charge in [0, 0.05) is 28.8 Å². The summed E-state index contributed by atoms with van der Waals surface area (Å²) in [7, 11) is 0. The van der Waals surface area contributed by atoms with E-state index in [1.165, 1.54) is 22.9 Å². The molecule has 0 spiro atoms. The minimum Gasteiger partial charge on any atom is -0.370 e. The Hall–Kier alpha value is -2.55. The van der Waals surface area contributed by atoms with Crippen LogP contribution in [0.1, 0.15) is 57.0 Å². The summed E-state index contributed by atoms with van der Waals surface area (Å²) >= 11 is 3.10. The number of pyridine rings is 1. The van der Waals surface area contributed by atoms with Gasteiger partial charge in [0.1, 0.15) is 16.2 Å². The molecular weight excluding hydrogens is 488 g/mol. The first-order valence-electron chi connectivity index (χ1n) is 12.4. The van der Waals surface area contributed by atoms with Crippen LogP contribution in [0.2, 0.25) is 0 Å². The van der Waals surface area contributed by atoms with Crippen LogP contribution in [-0.2, 0) is 29.0 Å². The molecule has 188 valence electrons. The first kappa shape index (κ1) is 25.1. The monoisotopic (exact) mass is 520 g/mol. The fraction of sp³-hybridized carbons (Fsp3) is 0.429. The Labute approximate surface area is 220 Å². The van der Waals surface area contributed by atoms with Crippen LogP contribution in [0.15, 0.2) is 35.6 Å². The molecule has 1 aromatic carbocycles. The lowest BCUT2D eigenvalue weighted by Crippen LogP contribution is -2.33. The molecule has 0 saturated carbocycles. The summed E-state index contributed by atoms with van der Waals surface area (Å²) in [6, 6.07) is 7.84. The molecule has 5 rings (SSSR count). The number of rotatable bonds is 6. The van der Waals surface area contributed by atoms with Gasteiger partial charge in [-0.15, -0.1) is 11.3 Å². The zero-order valence-corrected chi connectivity index (χ0v) is 23.3. The van der Waals surface area contributed by atoms with Gasteiger partial charge in [0.2, 0.25) is 5.91 Å². The molecule has 1 N–H and O–H groups in total. The number of thioether (sulfide) groups is 1. The Kier molecular flexibility index (Phi) is 6.78. The molecule has 8 heteroatoms. The van der Waals surface area contributed by atoms with Crippen LogP contribution in [0.5, 0.6) is 0 Å². The quantitative estimate of drug-likeness (QED) is 0.225. The fourth-order valence-electron chi connectivity index (χ4n) is 4.68. The van der Waals surface area contributed by atoms with E-state index in [2.05, 4.69) is 38.0 Å². The number of benzene rings is 1. The highest BCUT2D eigenvalue weighted by molar-refractivity contribution is 8.00. The van der Waals surface area contributed by atoms with Gasteiger partial charge in [-0.1, -0.05) is 37.7 Å². The molecule has 0 saturated heterocycles. The van der Waals surface area contributed by atoms with Gasteiger partial charge < -0.3 is 10.1 Å². The number of ether oxygens (including phenoxy) is 1. The smallest absolute Gasteiger partial charge is 0.237 e. The Morgan fingerprint density at radius 3 is 2.78 bits per heavy atom. The van der Waals surface area contributed by atoms with Crippen molar-refractivity contribution < 1.29 is 9.53 Å². The molecule has 4 heterocycles. The van der Waals surface area contributed by atoms with Crippen molar-refractivity contribution in [3.8, 4) is 0 Å². The molecule has 3 aromatic heterocycles. The van der Waals surface area contributed by atoms with Crippen molar-refractivity contribution in [3.63, 3.8) is 0 Å². The number of carbonyl (C=O) groups excluding carboxylic acids is 1. The lowest BCUT2D eigenvalue weighted by Gasteiger charge is -2.33. The Balaban J connectivity index is 1.54. The maximum Gasteiger partial charge on any atom is 0.237 e. The second kappa shape index (κ2) is 9.72. The molecule has 0 fully saturated rings. The van der Waals surface area contributed by atoms with Crippen LogP contribution < -0.4 is 5.32 Å². The van der Waals surface area contributed by atoms with Crippen molar-refractivity contribution in [2.75, 3.05) is 5.32 Å². The van der Waals surface area contributed by atoms with Crippen molar-refractivity contribution in [1.29, 1.82) is 0 Å². The number of anilines is 1. The van der Waals surface area contributed by atoms with Crippen molar-refractivity contribution >= 4 is 55.1 Å². The molecule has 1 aliphatic rings. The first-order chi connectivity index (χ1) is 17.1. The number of nitrogens with zero attached hydrogens (tertiary/aromatic N) is 3. The molecule has 0 radical (unpaired) electrons. The van der Waals surface area contributed by atoms with Crippen LogP contribution in [0.3, 0.4) is 0 Å². The summed E-state index contributed by atoms with van der Waals surface area (Å²) in [4.78, 5) is 28.4. The van der Waals surface area contributed by atoms with Gasteiger partial charge >= 0.3 is 0 Å². The van der Waals surface area contributed by atoms with E-state index in [1.54, 1.807) is 17.7 Å². The van der Waals surface area contributed by atoms with Crippen molar-refractivity contribution in [3.05, 3.63) is 53.0 Å². The second-order valence-electron chi connectivity index (χ2n) is 10.6. The second-order valence-corrected chi connectivity index (χ2v) is 12.9. The number of thiophene rings is 1. The third-order valence-corrected chi connectivity index (χ3v) is 8.74. The average molecular weight is 521 g/mol. The highest BCUT2D eigenvalue weighted by Crippen LogP contribution is 2.43. The zero-order valence-electron chi connectivity index (χ0n) is 21.6. The summed E-state index contributed by atoms with van der Waals surface area (Å²) in [5.74, 6) is 0.453. The number of nitrogens with one attached hydrogen (secondary N) is 1. The van der Waals surface area contributed by atoms with Crippen LogP contribution in [0, 0.1) is 12.8 Å². The topological polar surface area (TPSA) is 77.0 Å². The number of aromatic nitrogens is 3. The van der Waals surface area contributed by atoms with Crippen molar-refractivity contribution in [1.82, 2.24) is 15.0 Å². The zero-order chi connectivity index (χ0) is 25.6. The van der Waals surface area contributed by atoms with Crippen molar-refractivity contribution in [2.45, 2.75) is 76.9 Å². The maximum absolute atomic E-state index is 12.9. The van der Waals surface area contributed by atoms with Gasteiger partial charge in [-0.05, 0) is 63.3 Å². The van der Waals surface area contributed by atoms with Gasteiger partial charge in [0.15, 0.2) is 0 Å². The molecule has 36 heavy (non-hydrogen) atoms. The maximum atomic E-state index is 12.9. The van der Waals surface area contributed by atoms with Crippen LogP contribution >= 0.6 is 23.1 Å². The summed E-state index contributed by atoms with van der Waals surface area (Å²) in [6.45, 7) is 13.2. The third-order valence-electron chi connectivity index (χ3n) is 6.43. The van der Waals surface area contributed by atoms with E-state index >= 15 is 0 Å². The minimum absolute atomic E-state index is 0.0490. The number of hydrogen-bond donors (Lipinski definition) is 1. The Morgan fingerprint density at radius 1 is 1.22 bits per heavy atom. The van der Waals surface area contributed by atoms with E-state index in [1.807, 2.05) is 38.1 Å². The van der Waals surface area contributed by atoms with E-state index in [0.29, 0.717) is 12.5 Å². The number of fused-ring (bicyclic) bond motifs is 5. The molecule has 1 atom stereocenters. The summed E-state index contributed by atoms with van der Waals surface area (Å²) in [5.41, 5.74) is 6.25. The molecular formula is C28H32N4O2S2. The van der Waals surface area contributed by atoms with Crippen LogP contribution in [0.4, 0.5) is 5.69 Å². The molecule has 1 amide bonds. The number of carbonyl (C=O) groups is 1. The highest BCUT2D eigenvalue weighted by atomic mass is 32.2. The van der Waals surface area contributed by atoms with E-state index in [9.17, 15) is 4.79 Å². The predicted octanol–water partition coefficient (Wildman–Crippen LogP) is 6.72. The van der Waals surface area contributed by atoms with Gasteiger partial charge in [-0.3, -0.25) is 4.79 Å². The van der Waals surface area contributed by atoms with Crippen LogP contribution in [-0.4, -0.2) is 31.7 Å². The molecule has 1 aliphatic heterocycles. The van der Waals surface area contributed by atoms with E-state index in [-0.39, 0.29) is 16.8 Å². The molecule has 6 nitrogen and oxygen atoms in total. The lowest BCUT2D eigenvalue weighted by atomic mass is 9.88. The van der Waals surface area contributed by atoms with E-state index < -0.39 is 0 Å². The Bertz CT molecular complexity index is 1460. The molecule has 1 unspecified atom stereocenters. The highest BCUT2D eigenvalue weighted by Gasteiger charge is 2.32. The standard InChI is InChI=1S/C28H32N4O2S2/c1-15(2)10-21-20-13-34-28(5,6)12-19(20)22-23-24(36-26(22)32-21)27(30-14-29-23)35-17(4)25(33)31-18-9-7-8-16(3)11-18/h7-9,11,14-15,17H,10,12-13H2,1-6H3,(H,31,33). The average Bonchev–Trinajstić information content (AvgIpc) is 3.17. The minimum atomic E-state index is -0.320. The normalized spacial score (nSPS) is 15.9. The summed E-state index contributed by atoms with van der Waals surface area (Å²) in [6.07, 6.45) is 3.35. The number of aryl methyl sites for hydroxylation is 1. The Morgan fingerprint density at radius 2 is 2.03 bits per heavy atom. The van der Waals surface area contributed by atoms with Gasteiger partial charge in [0.05, 0.1) is 27.7 Å². The van der Waals surface area contributed by atoms with E-state index in [4.69, 9.17) is 14.7 Å². The third kappa shape index (κ3) is 4.99. The number of amides is 1. The van der Waals surface area contributed by atoms with Crippen molar-refractivity contribution in [2.24, 2.45) is 5.92 Å². The lowest BCUT2D eigenvalue weighted by molar-refractivity contribution is -0.115. The molecule has 4 aromatic rings. The molecule has 0 aliphatic carbocycles. The first-order valence-corrected chi connectivity index (χ1v) is 14.1.